The van der Waals surface area contributed by atoms with Gasteiger partial charge in [-0.2, -0.15) is 0 Å². The number of nitrogens with zero attached hydrogens (tertiary/aromatic N) is 3. The van der Waals surface area contributed by atoms with Crippen LogP contribution in [0.5, 0.6) is 0 Å². The minimum Gasteiger partial charge on any atom is -0.371 e. The van der Waals surface area contributed by atoms with Gasteiger partial charge in [-0.15, -0.1) is 0 Å². The van der Waals surface area contributed by atoms with Gasteiger partial charge in [-0.3, -0.25) is 14.7 Å². The number of aromatic nitrogens is 2. The van der Waals surface area contributed by atoms with Crippen molar-refractivity contribution in [1.82, 2.24) is 19.8 Å². The van der Waals surface area contributed by atoms with Gasteiger partial charge in [0.1, 0.15) is 5.69 Å². The molecule has 0 radical (unpaired) electrons. The zero-order chi connectivity index (χ0) is 17.2. The van der Waals surface area contributed by atoms with E-state index in [0.29, 0.717) is 18.2 Å². The molecule has 4 heterocycles. The molecule has 6 nitrogen and oxygen atoms in total. The third kappa shape index (κ3) is 3.60. The Morgan fingerprint density at radius 3 is 3.00 bits per heavy atom. The van der Waals surface area contributed by atoms with E-state index in [1.807, 2.05) is 42.2 Å². The minimum absolute atomic E-state index is 0.0358. The van der Waals surface area contributed by atoms with Gasteiger partial charge in [0.2, 0.25) is 0 Å². The largest absolute Gasteiger partial charge is 0.371 e. The summed E-state index contributed by atoms with van der Waals surface area (Å²) < 4.78 is 8.00. The summed E-state index contributed by atoms with van der Waals surface area (Å²) in [4.78, 5) is 18.8. The molecule has 0 bridgehead atoms. The van der Waals surface area contributed by atoms with Crippen LogP contribution in [0.1, 0.15) is 22.5 Å². The number of fused-ring (bicyclic) bond motifs is 1. The predicted octanol–water partition coefficient (Wildman–Crippen LogP) is 1.44. The summed E-state index contributed by atoms with van der Waals surface area (Å²) in [5.41, 5.74) is 1.93. The van der Waals surface area contributed by atoms with E-state index in [4.69, 9.17) is 4.74 Å². The number of carbonyl (C=O) groups is 1. The van der Waals surface area contributed by atoms with Crippen LogP contribution in [0.2, 0.25) is 0 Å². The molecular formula is C19H24N4O2. The lowest BCUT2D eigenvalue weighted by atomic mass is 10.0. The van der Waals surface area contributed by atoms with Gasteiger partial charge in [0.25, 0.3) is 5.91 Å². The maximum Gasteiger partial charge on any atom is 0.267 e. The number of hydrogen-bond donors (Lipinski definition) is 1. The number of nitrogens with one attached hydrogen (secondary N) is 1. The fourth-order valence-corrected chi connectivity index (χ4v) is 3.95. The SMILES string of the molecule is Cn1cccc1C(=O)NC[C@H]1C[C@@H]2CN(Cc3cccnc3)C[C@@H]2O1. The van der Waals surface area contributed by atoms with Crippen molar-refractivity contribution in [2.45, 2.75) is 25.2 Å². The van der Waals surface area contributed by atoms with Crippen LogP contribution in [0, 0.1) is 5.92 Å². The summed E-state index contributed by atoms with van der Waals surface area (Å²) in [7, 11) is 1.88. The number of carbonyl (C=O) groups excluding carboxylic acids is 1. The highest BCUT2D eigenvalue weighted by Gasteiger charge is 2.41. The normalized spacial score (nSPS) is 25.9. The van der Waals surface area contributed by atoms with Gasteiger partial charge in [-0.1, -0.05) is 6.07 Å². The first-order chi connectivity index (χ1) is 12.2. The third-order valence-corrected chi connectivity index (χ3v) is 5.19. The molecule has 1 N–H and O–H groups in total. The van der Waals surface area contributed by atoms with Crippen molar-refractivity contribution in [1.29, 1.82) is 0 Å². The Balaban J connectivity index is 1.24. The maximum atomic E-state index is 12.2. The lowest BCUT2D eigenvalue weighted by Gasteiger charge is -2.19. The summed E-state index contributed by atoms with van der Waals surface area (Å²) in [6, 6.07) is 7.80. The van der Waals surface area contributed by atoms with E-state index in [1.165, 1.54) is 5.56 Å². The molecule has 0 unspecified atom stereocenters. The monoisotopic (exact) mass is 340 g/mol. The Labute approximate surface area is 147 Å². The predicted molar refractivity (Wildman–Crippen MR) is 94.0 cm³/mol. The average molecular weight is 340 g/mol. The van der Waals surface area contributed by atoms with Crippen molar-refractivity contribution in [2.24, 2.45) is 13.0 Å². The molecule has 0 spiro atoms. The first-order valence-corrected chi connectivity index (χ1v) is 8.85. The molecule has 2 aromatic heterocycles. The van der Waals surface area contributed by atoms with Gasteiger partial charge < -0.3 is 14.6 Å². The number of rotatable bonds is 5. The van der Waals surface area contributed by atoms with Gasteiger partial charge >= 0.3 is 0 Å². The smallest absolute Gasteiger partial charge is 0.267 e. The highest BCUT2D eigenvalue weighted by Crippen LogP contribution is 2.33. The van der Waals surface area contributed by atoms with Crippen LogP contribution in [0.3, 0.4) is 0 Å². The molecule has 4 rings (SSSR count). The van der Waals surface area contributed by atoms with E-state index >= 15 is 0 Å². The van der Waals surface area contributed by atoms with E-state index < -0.39 is 0 Å². The van der Waals surface area contributed by atoms with E-state index in [1.54, 1.807) is 6.20 Å². The Kier molecular flexibility index (Phi) is 4.55. The van der Waals surface area contributed by atoms with E-state index in [9.17, 15) is 4.79 Å². The molecular weight excluding hydrogens is 316 g/mol. The summed E-state index contributed by atoms with van der Waals surface area (Å²) >= 11 is 0. The molecule has 25 heavy (non-hydrogen) atoms. The summed E-state index contributed by atoms with van der Waals surface area (Å²) in [6.07, 6.45) is 7.04. The second-order valence-electron chi connectivity index (χ2n) is 7.06. The van der Waals surface area contributed by atoms with Crippen molar-refractivity contribution < 1.29 is 9.53 Å². The standard InChI is InChI=1S/C19H24N4O2/c1-22-7-3-5-17(22)19(24)21-10-16-8-15-12-23(13-18(15)25-16)11-14-4-2-6-20-9-14/h2-7,9,15-16,18H,8,10-13H2,1H3,(H,21,24)/t15-,16-,18+/m1/s1. The summed E-state index contributed by atoms with van der Waals surface area (Å²) in [5.74, 6) is 0.528. The Morgan fingerprint density at radius 1 is 1.36 bits per heavy atom. The van der Waals surface area contributed by atoms with Crippen molar-refractivity contribution in [2.75, 3.05) is 19.6 Å². The topological polar surface area (TPSA) is 59.4 Å². The van der Waals surface area contributed by atoms with Gasteiger partial charge in [0.15, 0.2) is 0 Å². The van der Waals surface area contributed by atoms with Gasteiger partial charge in [0, 0.05) is 57.7 Å². The van der Waals surface area contributed by atoms with Gasteiger partial charge in [-0.25, -0.2) is 0 Å². The van der Waals surface area contributed by atoms with E-state index in [-0.39, 0.29) is 18.1 Å². The zero-order valence-corrected chi connectivity index (χ0v) is 14.5. The van der Waals surface area contributed by atoms with Crippen LogP contribution >= 0.6 is 0 Å². The molecule has 0 saturated carbocycles. The van der Waals surface area contributed by atoms with Crippen molar-refractivity contribution in [3.8, 4) is 0 Å². The van der Waals surface area contributed by atoms with Crippen molar-refractivity contribution in [3.63, 3.8) is 0 Å². The fourth-order valence-electron chi connectivity index (χ4n) is 3.95. The number of ether oxygens (including phenoxy) is 1. The molecule has 2 aromatic rings. The number of amides is 1. The van der Waals surface area contributed by atoms with E-state index in [2.05, 4.69) is 21.3 Å². The van der Waals surface area contributed by atoms with Gasteiger partial charge in [-0.05, 0) is 30.2 Å². The zero-order valence-electron chi connectivity index (χ0n) is 14.5. The van der Waals surface area contributed by atoms with Crippen molar-refractivity contribution in [3.05, 3.63) is 54.1 Å². The quantitative estimate of drug-likeness (QED) is 0.895. The molecule has 6 heteroatoms. The van der Waals surface area contributed by atoms with Crippen LogP contribution in [-0.2, 0) is 18.3 Å². The third-order valence-electron chi connectivity index (χ3n) is 5.19. The average Bonchev–Trinajstić information content (AvgIpc) is 3.28. The first kappa shape index (κ1) is 16.3. The second-order valence-corrected chi connectivity index (χ2v) is 7.06. The van der Waals surface area contributed by atoms with Gasteiger partial charge in [0.05, 0.1) is 12.2 Å². The molecule has 2 aliphatic rings. The minimum atomic E-state index is -0.0358. The molecule has 0 aliphatic carbocycles. The molecule has 2 aliphatic heterocycles. The Bertz CT molecular complexity index is 716. The molecule has 1 amide bonds. The Morgan fingerprint density at radius 2 is 2.28 bits per heavy atom. The first-order valence-electron chi connectivity index (χ1n) is 8.85. The highest BCUT2D eigenvalue weighted by molar-refractivity contribution is 5.92. The van der Waals surface area contributed by atoms with E-state index in [0.717, 1.165) is 26.1 Å². The highest BCUT2D eigenvalue weighted by atomic mass is 16.5. The summed E-state index contributed by atoms with van der Waals surface area (Å²) in [5, 5.41) is 3.00. The molecule has 0 aromatic carbocycles. The fraction of sp³-hybridized carbons (Fsp3) is 0.474. The number of aryl methyl sites for hydroxylation is 1. The molecule has 2 saturated heterocycles. The summed E-state index contributed by atoms with van der Waals surface area (Å²) in [6.45, 7) is 3.53. The number of likely N-dealkylation sites (tertiary alicyclic amines) is 1. The maximum absolute atomic E-state index is 12.2. The lowest BCUT2D eigenvalue weighted by Crippen LogP contribution is -2.34. The molecule has 2 fully saturated rings. The lowest BCUT2D eigenvalue weighted by molar-refractivity contribution is 0.0371. The second kappa shape index (κ2) is 6.98. The van der Waals surface area contributed by atoms with Crippen LogP contribution in [0.4, 0.5) is 0 Å². The Hall–Kier alpha value is -2.18. The molecule has 3 atom stereocenters. The van der Waals surface area contributed by atoms with Crippen molar-refractivity contribution >= 4 is 5.91 Å². The van der Waals surface area contributed by atoms with Crippen LogP contribution in [0.15, 0.2) is 42.9 Å². The number of hydrogen-bond acceptors (Lipinski definition) is 4. The van der Waals surface area contributed by atoms with Crippen LogP contribution in [-0.4, -0.2) is 52.2 Å². The van der Waals surface area contributed by atoms with Crippen LogP contribution < -0.4 is 5.32 Å². The van der Waals surface area contributed by atoms with Crippen LogP contribution in [0.25, 0.3) is 0 Å². The molecule has 132 valence electrons. The number of pyridine rings is 1.